The third-order valence-electron chi connectivity index (χ3n) is 3.00. The average molecular weight is 224 g/mol. The van der Waals surface area contributed by atoms with Crippen LogP contribution >= 0.6 is 0 Å². The first-order valence-corrected chi connectivity index (χ1v) is 5.63. The topological polar surface area (TPSA) is 68.3 Å². The first-order valence-electron chi connectivity index (χ1n) is 5.63. The van der Waals surface area contributed by atoms with Gasteiger partial charge in [0.2, 0.25) is 0 Å². The minimum absolute atomic E-state index is 0.131. The molecular formula is C12H20N2O2. The number of hydrogen-bond donors (Lipinski definition) is 2. The van der Waals surface area contributed by atoms with E-state index in [-0.39, 0.29) is 11.4 Å². The molecule has 4 nitrogen and oxygen atoms in total. The van der Waals surface area contributed by atoms with Gasteiger partial charge in [-0.15, -0.1) is 0 Å². The monoisotopic (exact) mass is 224 g/mol. The van der Waals surface area contributed by atoms with Crippen molar-refractivity contribution in [2.45, 2.75) is 39.2 Å². The van der Waals surface area contributed by atoms with Gasteiger partial charge in [-0.25, -0.2) is 0 Å². The molecule has 0 atom stereocenters. The molecule has 0 spiro atoms. The van der Waals surface area contributed by atoms with Gasteiger partial charge in [0, 0.05) is 12.1 Å². The summed E-state index contributed by atoms with van der Waals surface area (Å²) in [7, 11) is 0. The molecule has 1 aromatic heterocycles. The Kier molecular flexibility index (Phi) is 4.12. The number of hydrogen-bond acceptors (Lipinski definition) is 3. The summed E-state index contributed by atoms with van der Waals surface area (Å²) in [6.45, 7) is 6.35. The molecule has 0 saturated heterocycles. The number of furan rings is 1. The Morgan fingerprint density at radius 2 is 2.12 bits per heavy atom. The van der Waals surface area contributed by atoms with E-state index in [9.17, 15) is 4.79 Å². The molecule has 0 bridgehead atoms. The zero-order valence-electron chi connectivity index (χ0n) is 10.2. The van der Waals surface area contributed by atoms with E-state index < -0.39 is 0 Å². The summed E-state index contributed by atoms with van der Waals surface area (Å²) in [6, 6.07) is 1.71. The van der Waals surface area contributed by atoms with Crippen molar-refractivity contribution in [3.05, 3.63) is 23.7 Å². The van der Waals surface area contributed by atoms with E-state index in [2.05, 4.69) is 5.32 Å². The van der Waals surface area contributed by atoms with Gasteiger partial charge >= 0.3 is 0 Å². The van der Waals surface area contributed by atoms with Crippen molar-refractivity contribution in [2.75, 3.05) is 6.54 Å². The molecule has 0 saturated carbocycles. The SMILES string of the molecule is CCC(N)(CC)CNC(=O)c1coc(C)c1. The van der Waals surface area contributed by atoms with E-state index in [4.69, 9.17) is 10.2 Å². The highest BCUT2D eigenvalue weighted by molar-refractivity contribution is 5.94. The molecule has 0 aliphatic rings. The predicted molar refractivity (Wildman–Crippen MR) is 63.3 cm³/mol. The second-order valence-electron chi connectivity index (χ2n) is 4.20. The third-order valence-corrected chi connectivity index (χ3v) is 3.00. The van der Waals surface area contributed by atoms with Crippen molar-refractivity contribution >= 4 is 5.91 Å². The highest BCUT2D eigenvalue weighted by atomic mass is 16.3. The molecule has 1 amide bonds. The van der Waals surface area contributed by atoms with E-state index >= 15 is 0 Å². The van der Waals surface area contributed by atoms with Crippen LogP contribution in [0.2, 0.25) is 0 Å². The molecule has 4 heteroatoms. The average Bonchev–Trinajstić information content (AvgIpc) is 2.72. The maximum absolute atomic E-state index is 11.7. The third kappa shape index (κ3) is 3.10. The Morgan fingerprint density at radius 1 is 1.50 bits per heavy atom. The molecule has 0 aliphatic heterocycles. The second-order valence-corrected chi connectivity index (χ2v) is 4.20. The summed E-state index contributed by atoms with van der Waals surface area (Å²) in [5.74, 6) is 0.601. The summed E-state index contributed by atoms with van der Waals surface area (Å²) in [5.41, 5.74) is 6.33. The van der Waals surface area contributed by atoms with Gasteiger partial charge in [-0.3, -0.25) is 4.79 Å². The fourth-order valence-electron chi connectivity index (χ4n) is 1.42. The molecule has 0 fully saturated rings. The smallest absolute Gasteiger partial charge is 0.254 e. The van der Waals surface area contributed by atoms with Crippen molar-refractivity contribution in [1.29, 1.82) is 0 Å². The van der Waals surface area contributed by atoms with Crippen LogP contribution in [0.4, 0.5) is 0 Å². The predicted octanol–water partition coefficient (Wildman–Crippen LogP) is 1.84. The van der Waals surface area contributed by atoms with Crippen molar-refractivity contribution in [2.24, 2.45) is 5.73 Å². The molecule has 0 radical (unpaired) electrons. The number of carbonyl (C=O) groups excluding carboxylic acids is 1. The molecular weight excluding hydrogens is 204 g/mol. The van der Waals surface area contributed by atoms with Gasteiger partial charge in [-0.05, 0) is 25.8 Å². The minimum atomic E-state index is -0.311. The number of nitrogens with two attached hydrogens (primary N) is 1. The van der Waals surface area contributed by atoms with Crippen molar-refractivity contribution < 1.29 is 9.21 Å². The molecule has 1 aromatic rings. The van der Waals surface area contributed by atoms with Gasteiger partial charge in [0.15, 0.2) is 0 Å². The normalized spacial score (nSPS) is 11.5. The van der Waals surface area contributed by atoms with Crippen LogP contribution in [-0.4, -0.2) is 18.0 Å². The van der Waals surface area contributed by atoms with Crippen LogP contribution in [0.1, 0.15) is 42.8 Å². The van der Waals surface area contributed by atoms with Crippen molar-refractivity contribution in [1.82, 2.24) is 5.32 Å². The summed E-state index contributed by atoms with van der Waals surface area (Å²) in [4.78, 5) is 11.7. The van der Waals surface area contributed by atoms with Gasteiger partial charge in [0.25, 0.3) is 5.91 Å². The molecule has 1 rings (SSSR count). The van der Waals surface area contributed by atoms with Crippen molar-refractivity contribution in [3.63, 3.8) is 0 Å². The Bertz CT molecular complexity index is 354. The zero-order chi connectivity index (χ0) is 12.2. The van der Waals surface area contributed by atoms with E-state index in [1.54, 1.807) is 6.07 Å². The molecule has 1 heterocycles. The Morgan fingerprint density at radius 3 is 2.56 bits per heavy atom. The van der Waals surface area contributed by atoms with Crippen LogP contribution in [0, 0.1) is 6.92 Å². The van der Waals surface area contributed by atoms with E-state index in [1.807, 2.05) is 20.8 Å². The fourth-order valence-corrected chi connectivity index (χ4v) is 1.42. The molecule has 0 aliphatic carbocycles. The molecule has 16 heavy (non-hydrogen) atoms. The van der Waals surface area contributed by atoms with Crippen LogP contribution in [0.25, 0.3) is 0 Å². The lowest BCUT2D eigenvalue weighted by atomic mass is 9.94. The molecule has 90 valence electrons. The summed E-state index contributed by atoms with van der Waals surface area (Å²) < 4.78 is 5.08. The quantitative estimate of drug-likeness (QED) is 0.801. The molecule has 3 N–H and O–H groups in total. The number of nitrogens with one attached hydrogen (secondary N) is 1. The van der Waals surface area contributed by atoms with E-state index in [0.717, 1.165) is 18.6 Å². The standard InChI is InChI=1S/C12H20N2O2/c1-4-12(13,5-2)8-14-11(15)10-6-9(3)16-7-10/h6-7H,4-5,8,13H2,1-3H3,(H,14,15). The Balaban J connectivity index is 2.53. The highest BCUT2D eigenvalue weighted by Gasteiger charge is 2.21. The summed E-state index contributed by atoms with van der Waals surface area (Å²) in [5, 5.41) is 2.83. The second kappa shape index (κ2) is 5.16. The zero-order valence-corrected chi connectivity index (χ0v) is 10.2. The van der Waals surface area contributed by atoms with Crippen molar-refractivity contribution in [3.8, 4) is 0 Å². The van der Waals surface area contributed by atoms with Gasteiger partial charge in [0.1, 0.15) is 12.0 Å². The number of aryl methyl sites for hydroxylation is 1. The highest BCUT2D eigenvalue weighted by Crippen LogP contribution is 2.10. The number of carbonyl (C=O) groups is 1. The maximum atomic E-state index is 11.7. The lowest BCUT2D eigenvalue weighted by molar-refractivity contribution is 0.0941. The maximum Gasteiger partial charge on any atom is 0.254 e. The fraction of sp³-hybridized carbons (Fsp3) is 0.583. The molecule has 0 unspecified atom stereocenters. The summed E-state index contributed by atoms with van der Waals surface area (Å²) in [6.07, 6.45) is 3.14. The summed E-state index contributed by atoms with van der Waals surface area (Å²) >= 11 is 0. The number of rotatable bonds is 5. The lowest BCUT2D eigenvalue weighted by Gasteiger charge is -2.26. The van der Waals surface area contributed by atoms with Gasteiger partial charge in [-0.2, -0.15) is 0 Å². The Labute approximate surface area is 96.2 Å². The minimum Gasteiger partial charge on any atom is -0.469 e. The van der Waals surface area contributed by atoms with Crippen LogP contribution in [0.15, 0.2) is 16.7 Å². The first-order chi connectivity index (χ1) is 7.50. The number of amides is 1. The van der Waals surface area contributed by atoms with E-state index in [0.29, 0.717) is 12.1 Å². The van der Waals surface area contributed by atoms with E-state index in [1.165, 1.54) is 6.26 Å². The Hall–Kier alpha value is -1.29. The van der Waals surface area contributed by atoms with Gasteiger partial charge < -0.3 is 15.5 Å². The van der Waals surface area contributed by atoms with Crippen LogP contribution in [0.5, 0.6) is 0 Å². The van der Waals surface area contributed by atoms with Gasteiger partial charge in [0.05, 0.1) is 5.56 Å². The van der Waals surface area contributed by atoms with Crippen LogP contribution in [-0.2, 0) is 0 Å². The largest absolute Gasteiger partial charge is 0.469 e. The van der Waals surface area contributed by atoms with Gasteiger partial charge in [-0.1, -0.05) is 13.8 Å². The van der Waals surface area contributed by atoms with Crippen LogP contribution in [0.3, 0.4) is 0 Å². The first kappa shape index (κ1) is 12.8. The molecule has 0 aromatic carbocycles. The lowest BCUT2D eigenvalue weighted by Crippen LogP contribution is -2.49. The van der Waals surface area contributed by atoms with Crippen LogP contribution < -0.4 is 11.1 Å².